The molecule has 18 heavy (non-hydrogen) atoms. The van der Waals surface area contributed by atoms with Crippen LogP contribution >= 0.6 is 11.6 Å². The van der Waals surface area contributed by atoms with Gasteiger partial charge >= 0.3 is 0 Å². The summed E-state index contributed by atoms with van der Waals surface area (Å²) in [7, 11) is 0. The number of aliphatic hydroxyl groups is 1. The highest BCUT2D eigenvalue weighted by atomic mass is 35.5. The Morgan fingerprint density at radius 1 is 1.56 bits per heavy atom. The topological polar surface area (TPSA) is 67.2 Å². The summed E-state index contributed by atoms with van der Waals surface area (Å²) in [5, 5.41) is 16.0. The summed E-state index contributed by atoms with van der Waals surface area (Å²) in [5.74, 6) is 0.819. The predicted octanol–water partition coefficient (Wildman–Crippen LogP) is 1.49. The van der Waals surface area contributed by atoms with Crippen molar-refractivity contribution in [2.24, 2.45) is 5.92 Å². The highest BCUT2D eigenvalue weighted by molar-refractivity contribution is 6.32. The molecule has 0 amide bonds. The van der Waals surface area contributed by atoms with Gasteiger partial charge in [0.05, 0.1) is 25.0 Å². The first-order valence-corrected chi connectivity index (χ1v) is 6.70. The molecule has 1 fully saturated rings. The zero-order valence-electron chi connectivity index (χ0n) is 10.2. The molecule has 5 nitrogen and oxygen atoms in total. The minimum atomic E-state index is -0.362. The Kier molecular flexibility index (Phi) is 4.60. The highest BCUT2D eigenvalue weighted by Gasteiger charge is 2.17. The summed E-state index contributed by atoms with van der Waals surface area (Å²) in [6, 6.07) is 0. The number of halogens is 1. The van der Waals surface area contributed by atoms with Crippen LogP contribution in [0.25, 0.3) is 0 Å². The van der Waals surface area contributed by atoms with Crippen LogP contribution in [0.1, 0.15) is 25.7 Å². The number of aromatic nitrogens is 2. The summed E-state index contributed by atoms with van der Waals surface area (Å²) in [6.45, 7) is 0.855. The molecule has 0 saturated heterocycles. The third-order valence-electron chi connectivity index (χ3n) is 3.39. The molecule has 6 heteroatoms. The van der Waals surface area contributed by atoms with Gasteiger partial charge in [0, 0.05) is 6.54 Å². The average Bonchev–Trinajstić information content (AvgIpc) is 2.31. The van der Waals surface area contributed by atoms with Gasteiger partial charge in [-0.2, -0.15) is 5.10 Å². The van der Waals surface area contributed by atoms with E-state index in [1.54, 1.807) is 6.20 Å². The van der Waals surface area contributed by atoms with E-state index in [1.165, 1.54) is 23.9 Å². The third kappa shape index (κ3) is 3.03. The molecule has 0 radical (unpaired) electrons. The number of hydrogen-bond donors (Lipinski definition) is 2. The van der Waals surface area contributed by atoms with Crippen LogP contribution in [-0.2, 0) is 6.54 Å². The summed E-state index contributed by atoms with van der Waals surface area (Å²) >= 11 is 5.98. The quantitative estimate of drug-likeness (QED) is 0.823. The number of nitrogens with zero attached hydrogens (tertiary/aromatic N) is 2. The van der Waals surface area contributed by atoms with Crippen molar-refractivity contribution in [1.82, 2.24) is 9.78 Å². The summed E-state index contributed by atoms with van der Waals surface area (Å²) < 4.78 is 1.17. The molecule has 2 N–H and O–H groups in total. The second-order valence-corrected chi connectivity index (χ2v) is 5.01. The molecule has 0 unspecified atom stereocenters. The lowest BCUT2D eigenvalue weighted by Gasteiger charge is -2.25. The number of rotatable bonds is 6. The normalized spacial score (nSPS) is 15.4. The lowest BCUT2D eigenvalue weighted by molar-refractivity contribution is 0.266. The van der Waals surface area contributed by atoms with Crippen LogP contribution in [0.5, 0.6) is 0 Å². The molecule has 1 saturated carbocycles. The SMILES string of the molecule is O=c1c(Cl)c(NCCC2CCC2)cnn1CCO. The van der Waals surface area contributed by atoms with Gasteiger partial charge in [-0.15, -0.1) is 0 Å². The van der Waals surface area contributed by atoms with Crippen molar-refractivity contribution in [2.45, 2.75) is 32.2 Å². The van der Waals surface area contributed by atoms with Crippen LogP contribution in [0.15, 0.2) is 11.0 Å². The monoisotopic (exact) mass is 271 g/mol. The first-order valence-electron chi connectivity index (χ1n) is 6.32. The fourth-order valence-electron chi connectivity index (χ4n) is 2.03. The van der Waals surface area contributed by atoms with Crippen LogP contribution in [0, 0.1) is 5.92 Å². The van der Waals surface area contributed by atoms with Crippen LogP contribution < -0.4 is 10.9 Å². The zero-order chi connectivity index (χ0) is 13.0. The van der Waals surface area contributed by atoms with Gasteiger partial charge in [-0.25, -0.2) is 4.68 Å². The molecular formula is C12H18ClN3O2. The predicted molar refractivity (Wildman–Crippen MR) is 71.0 cm³/mol. The van der Waals surface area contributed by atoms with Crippen molar-refractivity contribution < 1.29 is 5.11 Å². The Hall–Kier alpha value is -1.07. The van der Waals surface area contributed by atoms with Crippen molar-refractivity contribution >= 4 is 17.3 Å². The van der Waals surface area contributed by atoms with E-state index >= 15 is 0 Å². The van der Waals surface area contributed by atoms with Crippen LogP contribution in [0.4, 0.5) is 5.69 Å². The Morgan fingerprint density at radius 3 is 2.94 bits per heavy atom. The molecule has 1 aromatic heterocycles. The van der Waals surface area contributed by atoms with Crippen molar-refractivity contribution in [3.63, 3.8) is 0 Å². The Balaban J connectivity index is 1.95. The third-order valence-corrected chi connectivity index (χ3v) is 3.75. The molecule has 1 aromatic rings. The number of anilines is 1. The minimum absolute atomic E-state index is 0.127. The molecule has 1 aliphatic carbocycles. The van der Waals surface area contributed by atoms with Gasteiger partial charge in [0.1, 0.15) is 5.02 Å². The Labute approximate surface area is 111 Å². The van der Waals surface area contributed by atoms with Crippen molar-refractivity contribution in [3.05, 3.63) is 21.6 Å². The molecule has 0 aliphatic heterocycles. The smallest absolute Gasteiger partial charge is 0.287 e. The Morgan fingerprint density at radius 2 is 2.33 bits per heavy atom. The summed E-state index contributed by atoms with van der Waals surface area (Å²) in [4.78, 5) is 11.8. The van der Waals surface area contributed by atoms with Crippen LogP contribution in [-0.4, -0.2) is 28.0 Å². The van der Waals surface area contributed by atoms with Crippen LogP contribution in [0.3, 0.4) is 0 Å². The van der Waals surface area contributed by atoms with Gasteiger partial charge in [0.2, 0.25) is 0 Å². The molecular weight excluding hydrogens is 254 g/mol. The largest absolute Gasteiger partial charge is 0.394 e. The van der Waals surface area contributed by atoms with Crippen molar-refractivity contribution in [3.8, 4) is 0 Å². The number of nitrogens with one attached hydrogen (secondary N) is 1. The standard InChI is InChI=1S/C12H18ClN3O2/c13-11-10(14-5-4-9-2-1-3-9)8-15-16(6-7-17)12(11)18/h8-9,14,17H,1-7H2. The van der Waals surface area contributed by atoms with Gasteiger partial charge in [-0.05, 0) is 12.3 Å². The van der Waals surface area contributed by atoms with Gasteiger partial charge < -0.3 is 10.4 Å². The first-order chi connectivity index (χ1) is 8.72. The van der Waals surface area contributed by atoms with Gasteiger partial charge in [-0.1, -0.05) is 30.9 Å². The number of aliphatic hydroxyl groups excluding tert-OH is 1. The zero-order valence-corrected chi connectivity index (χ0v) is 11.0. The molecule has 100 valence electrons. The average molecular weight is 272 g/mol. The maximum Gasteiger partial charge on any atom is 0.287 e. The van der Waals surface area contributed by atoms with E-state index in [9.17, 15) is 4.79 Å². The molecule has 1 heterocycles. The van der Waals surface area contributed by atoms with E-state index < -0.39 is 0 Å². The maximum absolute atomic E-state index is 11.8. The second kappa shape index (κ2) is 6.20. The number of hydrogen-bond acceptors (Lipinski definition) is 4. The van der Waals surface area contributed by atoms with Crippen molar-refractivity contribution in [1.29, 1.82) is 0 Å². The van der Waals surface area contributed by atoms with E-state index in [0.29, 0.717) is 5.69 Å². The summed E-state index contributed by atoms with van der Waals surface area (Å²) in [5.41, 5.74) is 0.217. The van der Waals surface area contributed by atoms with Gasteiger partial charge in [0.25, 0.3) is 5.56 Å². The highest BCUT2D eigenvalue weighted by Crippen LogP contribution is 2.29. The van der Waals surface area contributed by atoms with E-state index in [1.807, 2.05) is 0 Å². The van der Waals surface area contributed by atoms with Gasteiger partial charge in [0.15, 0.2) is 0 Å². The molecule has 0 spiro atoms. The molecule has 1 aliphatic rings. The van der Waals surface area contributed by atoms with E-state index in [2.05, 4.69) is 10.4 Å². The van der Waals surface area contributed by atoms with E-state index in [4.69, 9.17) is 16.7 Å². The van der Waals surface area contributed by atoms with E-state index in [-0.39, 0.29) is 23.7 Å². The fourth-order valence-corrected chi connectivity index (χ4v) is 2.25. The molecule has 0 bridgehead atoms. The van der Waals surface area contributed by atoms with Crippen LogP contribution in [0.2, 0.25) is 5.02 Å². The fraction of sp³-hybridized carbons (Fsp3) is 0.667. The molecule has 2 rings (SSSR count). The van der Waals surface area contributed by atoms with Gasteiger partial charge in [-0.3, -0.25) is 4.79 Å². The maximum atomic E-state index is 11.8. The summed E-state index contributed by atoms with van der Waals surface area (Å²) in [6.07, 6.45) is 6.61. The lowest BCUT2D eigenvalue weighted by Crippen LogP contribution is -2.26. The molecule has 0 aromatic carbocycles. The first kappa shape index (κ1) is 13.4. The Bertz CT molecular complexity index is 457. The minimum Gasteiger partial charge on any atom is -0.394 e. The van der Waals surface area contributed by atoms with Crippen molar-refractivity contribution in [2.75, 3.05) is 18.5 Å². The lowest BCUT2D eigenvalue weighted by atomic mass is 9.83. The molecule has 0 atom stereocenters. The van der Waals surface area contributed by atoms with E-state index in [0.717, 1.165) is 18.9 Å². The second-order valence-electron chi connectivity index (χ2n) is 4.64.